The number of likely N-dealkylation sites (tertiary alicyclic amines) is 1. The van der Waals surface area contributed by atoms with Crippen LogP contribution in [-0.4, -0.2) is 33.9 Å². The van der Waals surface area contributed by atoms with Crippen molar-refractivity contribution < 1.29 is 4.79 Å². The molecule has 0 N–H and O–H groups in total. The highest BCUT2D eigenvalue weighted by molar-refractivity contribution is 6.28. The molecule has 0 spiro atoms. The Hall–Kier alpha value is -1.16. The number of hydrogen-bond acceptors (Lipinski definition) is 3. The largest absolute Gasteiger partial charge is 0.338 e. The van der Waals surface area contributed by atoms with E-state index < -0.39 is 0 Å². The Bertz CT molecular complexity index is 321. The first-order valence-corrected chi connectivity index (χ1v) is 4.42. The van der Waals surface area contributed by atoms with Crippen LogP contribution in [0, 0.1) is 0 Å². The smallest absolute Gasteiger partial charge is 0.256 e. The van der Waals surface area contributed by atoms with E-state index in [0.29, 0.717) is 5.56 Å². The van der Waals surface area contributed by atoms with Gasteiger partial charge in [0.15, 0.2) is 0 Å². The van der Waals surface area contributed by atoms with Gasteiger partial charge in [0.1, 0.15) is 0 Å². The van der Waals surface area contributed by atoms with E-state index in [4.69, 9.17) is 11.6 Å². The van der Waals surface area contributed by atoms with E-state index in [1.54, 1.807) is 4.90 Å². The second kappa shape index (κ2) is 3.30. The predicted molar refractivity (Wildman–Crippen MR) is 47.6 cm³/mol. The summed E-state index contributed by atoms with van der Waals surface area (Å²) in [6.45, 7) is 1.67. The minimum absolute atomic E-state index is 0.0112. The topological polar surface area (TPSA) is 46.1 Å². The van der Waals surface area contributed by atoms with Crippen LogP contribution in [-0.2, 0) is 0 Å². The van der Waals surface area contributed by atoms with Crippen molar-refractivity contribution in [2.45, 2.75) is 6.42 Å². The summed E-state index contributed by atoms with van der Waals surface area (Å²) < 4.78 is 0. The summed E-state index contributed by atoms with van der Waals surface area (Å²) >= 11 is 5.50. The van der Waals surface area contributed by atoms with Gasteiger partial charge in [0.25, 0.3) is 5.91 Å². The minimum atomic E-state index is -0.0112. The molecule has 0 saturated carbocycles. The normalized spacial score (nSPS) is 15.3. The van der Waals surface area contributed by atoms with E-state index in [9.17, 15) is 4.79 Å². The van der Waals surface area contributed by atoms with Crippen LogP contribution in [0.2, 0.25) is 5.28 Å². The van der Waals surface area contributed by atoms with Gasteiger partial charge in [-0.1, -0.05) is 0 Å². The highest BCUT2D eigenvalue weighted by Gasteiger charge is 2.21. The molecule has 2 rings (SSSR count). The van der Waals surface area contributed by atoms with Crippen LogP contribution < -0.4 is 0 Å². The van der Waals surface area contributed by atoms with Crippen LogP contribution in [0.15, 0.2) is 12.4 Å². The molecule has 1 aliphatic rings. The third kappa shape index (κ3) is 1.62. The summed E-state index contributed by atoms with van der Waals surface area (Å²) in [4.78, 5) is 20.8. The lowest BCUT2D eigenvalue weighted by atomic mass is 10.2. The molecule has 1 saturated heterocycles. The van der Waals surface area contributed by atoms with Gasteiger partial charge in [0.05, 0.1) is 5.56 Å². The van der Waals surface area contributed by atoms with Gasteiger partial charge in [-0.25, -0.2) is 9.97 Å². The number of carbonyl (C=O) groups excluding carboxylic acids is 1. The second-order valence-electron chi connectivity index (χ2n) is 2.89. The molecule has 0 unspecified atom stereocenters. The standard InChI is InChI=1S/C8H8ClN3O/c9-8-10-4-6(5-11-8)7(13)12-2-1-3-12/h4-5H,1-3H2. The first kappa shape index (κ1) is 8.44. The van der Waals surface area contributed by atoms with Crippen molar-refractivity contribution in [1.82, 2.24) is 14.9 Å². The van der Waals surface area contributed by atoms with E-state index in [0.717, 1.165) is 19.5 Å². The SMILES string of the molecule is O=C(c1cnc(Cl)nc1)N1CCC1. The maximum Gasteiger partial charge on any atom is 0.256 e. The number of rotatable bonds is 1. The molecule has 1 aromatic heterocycles. The molecule has 0 aromatic carbocycles. The maximum absolute atomic E-state index is 11.5. The fourth-order valence-electron chi connectivity index (χ4n) is 1.12. The predicted octanol–water partition coefficient (Wildman–Crippen LogP) is 0.976. The van der Waals surface area contributed by atoms with Crippen LogP contribution in [0.3, 0.4) is 0 Å². The van der Waals surface area contributed by atoms with Gasteiger partial charge in [-0.3, -0.25) is 4.79 Å². The van der Waals surface area contributed by atoms with Crippen molar-refractivity contribution in [1.29, 1.82) is 0 Å². The lowest BCUT2D eigenvalue weighted by Crippen LogP contribution is -2.42. The lowest BCUT2D eigenvalue weighted by molar-refractivity contribution is 0.0651. The summed E-state index contributed by atoms with van der Waals surface area (Å²) in [6, 6.07) is 0. The molecular formula is C8H8ClN3O. The average Bonchev–Trinajstić information content (AvgIpc) is 2.02. The van der Waals surface area contributed by atoms with Gasteiger partial charge < -0.3 is 4.90 Å². The van der Waals surface area contributed by atoms with E-state index in [1.165, 1.54) is 12.4 Å². The first-order chi connectivity index (χ1) is 6.27. The van der Waals surface area contributed by atoms with Gasteiger partial charge in [-0.05, 0) is 18.0 Å². The van der Waals surface area contributed by atoms with E-state index in [1.807, 2.05) is 0 Å². The zero-order valence-corrected chi connectivity index (χ0v) is 7.66. The Labute approximate surface area is 80.5 Å². The quantitative estimate of drug-likeness (QED) is 0.631. The highest BCUT2D eigenvalue weighted by Crippen LogP contribution is 2.11. The van der Waals surface area contributed by atoms with Gasteiger partial charge in [0.2, 0.25) is 5.28 Å². The van der Waals surface area contributed by atoms with Crippen molar-refractivity contribution in [3.63, 3.8) is 0 Å². The Morgan fingerprint density at radius 3 is 2.46 bits per heavy atom. The highest BCUT2D eigenvalue weighted by atomic mass is 35.5. The Balaban J connectivity index is 2.15. The van der Waals surface area contributed by atoms with E-state index >= 15 is 0 Å². The van der Waals surface area contributed by atoms with Gasteiger partial charge in [-0.15, -0.1) is 0 Å². The number of halogens is 1. The summed E-state index contributed by atoms with van der Waals surface area (Å²) in [5.74, 6) is -0.0112. The van der Waals surface area contributed by atoms with Gasteiger partial charge >= 0.3 is 0 Å². The number of hydrogen-bond donors (Lipinski definition) is 0. The van der Waals surface area contributed by atoms with E-state index in [-0.39, 0.29) is 11.2 Å². The molecule has 1 fully saturated rings. The molecule has 1 aromatic rings. The maximum atomic E-state index is 11.5. The van der Waals surface area contributed by atoms with Crippen molar-refractivity contribution >= 4 is 17.5 Å². The molecule has 4 nitrogen and oxygen atoms in total. The molecule has 13 heavy (non-hydrogen) atoms. The lowest BCUT2D eigenvalue weighted by Gasteiger charge is -2.30. The number of carbonyl (C=O) groups is 1. The van der Waals surface area contributed by atoms with Crippen molar-refractivity contribution in [3.8, 4) is 0 Å². The Morgan fingerprint density at radius 1 is 1.38 bits per heavy atom. The molecule has 68 valence electrons. The van der Waals surface area contributed by atoms with Crippen LogP contribution in [0.1, 0.15) is 16.8 Å². The van der Waals surface area contributed by atoms with Crippen LogP contribution in [0.5, 0.6) is 0 Å². The van der Waals surface area contributed by atoms with Crippen LogP contribution in [0.25, 0.3) is 0 Å². The third-order valence-electron chi connectivity index (χ3n) is 2.01. The van der Waals surface area contributed by atoms with Crippen molar-refractivity contribution in [2.75, 3.05) is 13.1 Å². The van der Waals surface area contributed by atoms with Crippen molar-refractivity contribution in [2.24, 2.45) is 0 Å². The molecule has 0 aliphatic carbocycles. The summed E-state index contributed by atoms with van der Waals surface area (Å²) in [5.41, 5.74) is 0.504. The van der Waals surface area contributed by atoms with Crippen molar-refractivity contribution in [3.05, 3.63) is 23.2 Å². The molecule has 2 heterocycles. The van der Waals surface area contributed by atoms with Gasteiger partial charge in [-0.2, -0.15) is 0 Å². The fraction of sp³-hybridized carbons (Fsp3) is 0.375. The number of aromatic nitrogens is 2. The molecule has 1 aliphatic heterocycles. The third-order valence-corrected chi connectivity index (χ3v) is 2.21. The Morgan fingerprint density at radius 2 is 2.00 bits per heavy atom. The first-order valence-electron chi connectivity index (χ1n) is 4.04. The summed E-state index contributed by atoms with van der Waals surface area (Å²) in [6.07, 6.45) is 3.99. The van der Waals surface area contributed by atoms with Crippen LogP contribution in [0.4, 0.5) is 0 Å². The molecular weight excluding hydrogens is 190 g/mol. The zero-order valence-electron chi connectivity index (χ0n) is 6.90. The molecule has 5 heteroatoms. The molecule has 0 atom stereocenters. The van der Waals surface area contributed by atoms with E-state index in [2.05, 4.69) is 9.97 Å². The minimum Gasteiger partial charge on any atom is -0.338 e. The second-order valence-corrected chi connectivity index (χ2v) is 3.22. The summed E-state index contributed by atoms with van der Waals surface area (Å²) in [5, 5.41) is 0.167. The summed E-state index contributed by atoms with van der Waals surface area (Å²) in [7, 11) is 0. The number of nitrogens with zero attached hydrogens (tertiary/aromatic N) is 3. The van der Waals surface area contributed by atoms with Crippen LogP contribution >= 0.6 is 11.6 Å². The molecule has 1 amide bonds. The monoisotopic (exact) mass is 197 g/mol. The fourth-order valence-corrected chi connectivity index (χ4v) is 1.22. The van der Waals surface area contributed by atoms with Gasteiger partial charge in [0, 0.05) is 25.5 Å². The average molecular weight is 198 g/mol. The molecule has 0 radical (unpaired) electrons. The Kier molecular flexibility index (Phi) is 2.14. The molecule has 0 bridgehead atoms. The zero-order chi connectivity index (χ0) is 9.26. The number of amides is 1.